The number of carbonyl (C=O) groups is 1. The van der Waals surface area contributed by atoms with Gasteiger partial charge in [-0.3, -0.25) is 4.79 Å². The lowest BCUT2D eigenvalue weighted by atomic mass is 10.1. The molecular formula is C17H23N5O. The first-order valence-electron chi connectivity index (χ1n) is 8.05. The van der Waals surface area contributed by atoms with Crippen molar-refractivity contribution >= 4 is 5.91 Å². The van der Waals surface area contributed by atoms with E-state index in [9.17, 15) is 4.79 Å². The van der Waals surface area contributed by atoms with E-state index in [1.807, 2.05) is 36.7 Å². The van der Waals surface area contributed by atoms with E-state index in [2.05, 4.69) is 15.4 Å². The van der Waals surface area contributed by atoms with E-state index in [1.54, 1.807) is 6.20 Å². The number of nitrogens with two attached hydrogens (primary N) is 1. The molecule has 1 aliphatic carbocycles. The maximum absolute atomic E-state index is 12.1. The van der Waals surface area contributed by atoms with Gasteiger partial charge in [0, 0.05) is 30.4 Å². The molecular weight excluding hydrogens is 290 g/mol. The molecule has 122 valence electrons. The van der Waals surface area contributed by atoms with Crippen molar-refractivity contribution in [3.63, 3.8) is 0 Å². The first-order chi connectivity index (χ1) is 11.0. The van der Waals surface area contributed by atoms with E-state index in [0.717, 1.165) is 42.0 Å². The Morgan fingerprint density at radius 1 is 1.39 bits per heavy atom. The lowest BCUT2D eigenvalue weighted by Gasteiger charge is -2.11. The summed E-state index contributed by atoms with van der Waals surface area (Å²) in [6.45, 7) is 4.46. The van der Waals surface area contributed by atoms with Crippen molar-refractivity contribution in [3.05, 3.63) is 41.3 Å². The van der Waals surface area contributed by atoms with Gasteiger partial charge in [-0.25, -0.2) is 9.67 Å². The maximum Gasteiger partial charge on any atom is 0.223 e. The number of amides is 1. The highest BCUT2D eigenvalue weighted by atomic mass is 16.1. The van der Waals surface area contributed by atoms with Gasteiger partial charge in [0.05, 0.1) is 5.69 Å². The largest absolute Gasteiger partial charge is 0.352 e. The van der Waals surface area contributed by atoms with Crippen molar-refractivity contribution in [2.24, 2.45) is 11.7 Å². The van der Waals surface area contributed by atoms with Gasteiger partial charge in [-0.2, -0.15) is 5.10 Å². The highest BCUT2D eigenvalue weighted by Gasteiger charge is 2.27. The molecule has 0 aromatic carbocycles. The SMILES string of the molecule is Cc1cc(C)n(-c2ccc(CNC(=O)C3CCC(N)C3)cn2)n1. The predicted molar refractivity (Wildman–Crippen MR) is 88.0 cm³/mol. The van der Waals surface area contributed by atoms with Crippen LogP contribution < -0.4 is 11.1 Å². The standard InChI is InChI=1S/C17H23N5O/c1-11-7-12(2)22(21-11)16-6-3-13(9-19-16)10-20-17(23)14-4-5-15(18)8-14/h3,6-7,9,14-15H,4-5,8,10,18H2,1-2H3,(H,20,23). The van der Waals surface area contributed by atoms with Gasteiger partial charge in [0.15, 0.2) is 5.82 Å². The maximum atomic E-state index is 12.1. The minimum atomic E-state index is 0.0620. The second-order valence-electron chi connectivity index (χ2n) is 6.35. The Kier molecular flexibility index (Phi) is 4.43. The van der Waals surface area contributed by atoms with Crippen molar-refractivity contribution in [1.29, 1.82) is 0 Å². The minimum Gasteiger partial charge on any atom is -0.352 e. The van der Waals surface area contributed by atoms with Crippen LogP contribution in [0.5, 0.6) is 0 Å². The summed E-state index contributed by atoms with van der Waals surface area (Å²) in [5.74, 6) is 0.944. The zero-order chi connectivity index (χ0) is 16.4. The van der Waals surface area contributed by atoms with Crippen LogP contribution in [-0.4, -0.2) is 26.7 Å². The van der Waals surface area contributed by atoms with Gasteiger partial charge < -0.3 is 11.1 Å². The van der Waals surface area contributed by atoms with Gasteiger partial charge >= 0.3 is 0 Å². The zero-order valence-electron chi connectivity index (χ0n) is 13.6. The molecule has 0 aliphatic heterocycles. The fourth-order valence-electron chi connectivity index (χ4n) is 3.10. The van der Waals surface area contributed by atoms with E-state index >= 15 is 0 Å². The molecule has 3 N–H and O–H groups in total. The molecule has 2 atom stereocenters. The average Bonchev–Trinajstić information content (AvgIpc) is 3.11. The van der Waals surface area contributed by atoms with Gasteiger partial charge in [-0.05, 0) is 50.8 Å². The molecule has 1 saturated carbocycles. The number of hydrogen-bond acceptors (Lipinski definition) is 4. The Hall–Kier alpha value is -2.21. The smallest absolute Gasteiger partial charge is 0.223 e. The number of pyridine rings is 1. The Morgan fingerprint density at radius 2 is 2.22 bits per heavy atom. The van der Waals surface area contributed by atoms with Crippen LogP contribution in [-0.2, 0) is 11.3 Å². The molecule has 0 bridgehead atoms. The van der Waals surface area contributed by atoms with Crippen LogP contribution in [0, 0.1) is 19.8 Å². The van der Waals surface area contributed by atoms with E-state index in [-0.39, 0.29) is 17.9 Å². The first-order valence-corrected chi connectivity index (χ1v) is 8.05. The van der Waals surface area contributed by atoms with Crippen molar-refractivity contribution in [1.82, 2.24) is 20.1 Å². The van der Waals surface area contributed by atoms with E-state index in [1.165, 1.54) is 0 Å². The van der Waals surface area contributed by atoms with Crippen LogP contribution in [0.1, 0.15) is 36.2 Å². The molecule has 0 saturated heterocycles. The number of hydrogen-bond donors (Lipinski definition) is 2. The van der Waals surface area contributed by atoms with Crippen molar-refractivity contribution in [2.75, 3.05) is 0 Å². The van der Waals surface area contributed by atoms with E-state index < -0.39 is 0 Å². The Bertz CT molecular complexity index is 692. The Balaban J connectivity index is 1.59. The third-order valence-electron chi connectivity index (χ3n) is 4.35. The Labute approximate surface area is 136 Å². The molecule has 0 spiro atoms. The molecule has 2 aromatic rings. The van der Waals surface area contributed by atoms with E-state index in [0.29, 0.717) is 6.54 Å². The number of aromatic nitrogens is 3. The fourth-order valence-corrected chi connectivity index (χ4v) is 3.10. The number of carbonyl (C=O) groups excluding carboxylic acids is 1. The number of nitrogens with zero attached hydrogens (tertiary/aromatic N) is 3. The lowest BCUT2D eigenvalue weighted by molar-refractivity contribution is -0.125. The molecule has 0 radical (unpaired) electrons. The third kappa shape index (κ3) is 3.59. The van der Waals surface area contributed by atoms with Crippen LogP contribution >= 0.6 is 0 Å². The highest BCUT2D eigenvalue weighted by Crippen LogP contribution is 2.24. The van der Waals surface area contributed by atoms with Gasteiger partial charge in [0.2, 0.25) is 5.91 Å². The number of rotatable bonds is 4. The lowest BCUT2D eigenvalue weighted by Crippen LogP contribution is -2.30. The third-order valence-corrected chi connectivity index (χ3v) is 4.35. The molecule has 2 heterocycles. The van der Waals surface area contributed by atoms with Gasteiger partial charge in [0.25, 0.3) is 0 Å². The summed E-state index contributed by atoms with van der Waals surface area (Å²) >= 11 is 0. The van der Waals surface area contributed by atoms with Crippen molar-refractivity contribution in [3.8, 4) is 5.82 Å². The van der Waals surface area contributed by atoms with Crippen molar-refractivity contribution < 1.29 is 4.79 Å². The second kappa shape index (κ2) is 6.50. The molecule has 1 fully saturated rings. The van der Waals surface area contributed by atoms with Crippen LogP contribution in [0.15, 0.2) is 24.4 Å². The van der Waals surface area contributed by atoms with Crippen LogP contribution in [0.4, 0.5) is 0 Å². The summed E-state index contributed by atoms with van der Waals surface area (Å²) in [4.78, 5) is 16.5. The first kappa shape index (κ1) is 15.7. The normalized spacial score (nSPS) is 20.7. The second-order valence-corrected chi connectivity index (χ2v) is 6.35. The zero-order valence-corrected chi connectivity index (χ0v) is 13.6. The Morgan fingerprint density at radius 3 is 2.78 bits per heavy atom. The molecule has 6 heteroatoms. The molecule has 2 aromatic heterocycles. The van der Waals surface area contributed by atoms with Crippen LogP contribution in [0.25, 0.3) is 5.82 Å². The highest BCUT2D eigenvalue weighted by molar-refractivity contribution is 5.79. The van der Waals surface area contributed by atoms with Gasteiger partial charge in [-0.1, -0.05) is 6.07 Å². The van der Waals surface area contributed by atoms with Crippen LogP contribution in [0.3, 0.4) is 0 Å². The number of aryl methyl sites for hydroxylation is 2. The molecule has 2 unspecified atom stereocenters. The molecule has 23 heavy (non-hydrogen) atoms. The topological polar surface area (TPSA) is 85.8 Å². The molecule has 1 aliphatic rings. The summed E-state index contributed by atoms with van der Waals surface area (Å²) < 4.78 is 1.82. The van der Waals surface area contributed by atoms with Gasteiger partial charge in [0.1, 0.15) is 0 Å². The summed E-state index contributed by atoms with van der Waals surface area (Å²) in [5, 5.41) is 7.40. The fraction of sp³-hybridized carbons (Fsp3) is 0.471. The molecule has 1 amide bonds. The monoisotopic (exact) mass is 313 g/mol. The van der Waals surface area contributed by atoms with Gasteiger partial charge in [-0.15, -0.1) is 0 Å². The summed E-state index contributed by atoms with van der Waals surface area (Å²) in [6.07, 6.45) is 4.41. The van der Waals surface area contributed by atoms with E-state index in [4.69, 9.17) is 5.73 Å². The molecule has 6 nitrogen and oxygen atoms in total. The summed E-state index contributed by atoms with van der Waals surface area (Å²) in [5.41, 5.74) is 8.85. The quantitative estimate of drug-likeness (QED) is 0.898. The molecule has 3 rings (SSSR count). The summed E-state index contributed by atoms with van der Waals surface area (Å²) in [6, 6.07) is 6.08. The van der Waals surface area contributed by atoms with Crippen LogP contribution in [0.2, 0.25) is 0 Å². The number of nitrogens with one attached hydrogen (secondary N) is 1. The average molecular weight is 313 g/mol. The predicted octanol–water partition coefficient (Wildman–Crippen LogP) is 1.63. The van der Waals surface area contributed by atoms with Crippen molar-refractivity contribution in [2.45, 2.75) is 45.7 Å². The summed E-state index contributed by atoms with van der Waals surface area (Å²) in [7, 11) is 0. The minimum absolute atomic E-state index is 0.0620.